The Morgan fingerprint density at radius 2 is 1.49 bits per heavy atom. The van der Waals surface area contributed by atoms with Gasteiger partial charge in [-0.2, -0.15) is 0 Å². The van der Waals surface area contributed by atoms with E-state index in [1.165, 1.54) is 15.4 Å². The Labute approximate surface area is 361 Å². The highest BCUT2D eigenvalue weighted by molar-refractivity contribution is 6.99. The van der Waals surface area contributed by atoms with Gasteiger partial charge < -0.3 is 19.8 Å². The van der Waals surface area contributed by atoms with Crippen molar-refractivity contribution in [3.63, 3.8) is 0 Å². The van der Waals surface area contributed by atoms with E-state index in [-0.39, 0.29) is 28.9 Å². The highest BCUT2D eigenvalue weighted by Gasteiger charge is 2.53. The van der Waals surface area contributed by atoms with Crippen molar-refractivity contribution in [1.82, 2.24) is 26.1 Å². The maximum atomic E-state index is 14.9. The maximum absolute atomic E-state index is 14.9. The third-order valence-corrected chi connectivity index (χ3v) is 17.9. The maximum Gasteiger partial charge on any atom is 0.325 e. The second-order valence-electron chi connectivity index (χ2n) is 18.5. The number of fused-ring (bicyclic) bond motifs is 4. The van der Waals surface area contributed by atoms with Crippen LogP contribution in [0.4, 0.5) is 0 Å². The molecule has 5 bridgehead atoms. The number of nitrogens with zero attached hydrogens (tertiary/aromatic N) is 2. The fraction of sp³-hybridized carbons (Fsp3) is 0.449. The number of rotatable bonds is 5. The van der Waals surface area contributed by atoms with Crippen LogP contribution in [0.5, 0.6) is 0 Å². The monoisotopic (exact) mass is 843 g/mol. The molecule has 1 aliphatic carbocycles. The minimum absolute atomic E-state index is 0.110. The van der Waals surface area contributed by atoms with Gasteiger partial charge in [0, 0.05) is 18.0 Å². The smallest absolute Gasteiger partial charge is 0.325 e. The van der Waals surface area contributed by atoms with E-state index in [2.05, 4.69) is 85.4 Å². The second kappa shape index (κ2) is 18.0. The first kappa shape index (κ1) is 43.9. The van der Waals surface area contributed by atoms with E-state index in [0.717, 1.165) is 16.5 Å². The molecule has 2 aliphatic heterocycles. The Morgan fingerprint density at radius 3 is 2.11 bits per heavy atom. The molecule has 1 aromatic heterocycles. The lowest BCUT2D eigenvalue weighted by molar-refractivity contribution is -0.157. The summed E-state index contributed by atoms with van der Waals surface area (Å²) in [5.74, 6) is -1.83. The van der Waals surface area contributed by atoms with Crippen LogP contribution in [0, 0.1) is 11.3 Å². The zero-order valence-electron chi connectivity index (χ0n) is 36.6. The molecule has 7 rings (SSSR count). The van der Waals surface area contributed by atoms with Gasteiger partial charge >= 0.3 is 5.97 Å². The Balaban J connectivity index is 1.24. The predicted molar refractivity (Wildman–Crippen MR) is 241 cm³/mol. The standard InChI is InChI=1S/C49H61N5O6Si/c1-32(2)43-44(55)50-33(3)45(56)54-30-14-19-41(53-54)46(57)59-34(4)40-23-22-36-21-20-35(31-42(36)51-40)24-27-49(47(58)52-43)28-25-37(26-29-49)60-61(48(5,6)7,38-15-10-8-11-16-38)39-17-12-9-13-18-39/h8-13,15-18,20-24,27,31-34,37,41,43,53H,14,19,25-26,28-30H2,1-7H3,(H,50,55)(H,52,58)/b27-24+/t33-,34+,37?,41-,43-,49?/m0/s1. The quantitative estimate of drug-likeness (QED) is 0.153. The van der Waals surface area contributed by atoms with Crippen molar-refractivity contribution in [2.45, 2.75) is 122 Å². The number of hydrazine groups is 1. The van der Waals surface area contributed by atoms with Crippen molar-refractivity contribution < 1.29 is 28.3 Å². The van der Waals surface area contributed by atoms with Crippen LogP contribution in [0.15, 0.2) is 97.1 Å². The fourth-order valence-corrected chi connectivity index (χ4v) is 14.0. The zero-order valence-corrected chi connectivity index (χ0v) is 37.6. The number of carbonyl (C=O) groups is 4. The first-order valence-electron chi connectivity index (χ1n) is 21.9. The largest absolute Gasteiger partial charge is 0.455 e. The van der Waals surface area contributed by atoms with E-state index < -0.39 is 49.8 Å². The summed E-state index contributed by atoms with van der Waals surface area (Å²) in [6.07, 6.45) is 6.57. The van der Waals surface area contributed by atoms with Gasteiger partial charge in [-0.05, 0) is 91.4 Å². The summed E-state index contributed by atoms with van der Waals surface area (Å²) in [6, 6.07) is 28.4. The van der Waals surface area contributed by atoms with Crippen LogP contribution in [0.2, 0.25) is 5.04 Å². The molecule has 3 aromatic carbocycles. The van der Waals surface area contributed by atoms with Crippen LogP contribution in [-0.2, 0) is 28.3 Å². The van der Waals surface area contributed by atoms with Gasteiger partial charge in [0.2, 0.25) is 11.8 Å². The highest BCUT2D eigenvalue weighted by atomic mass is 28.4. The predicted octanol–water partition coefficient (Wildman–Crippen LogP) is 6.51. The Kier molecular flexibility index (Phi) is 13.0. The third-order valence-electron chi connectivity index (χ3n) is 12.8. The summed E-state index contributed by atoms with van der Waals surface area (Å²) < 4.78 is 13.5. The Hall–Kier alpha value is -5.17. The van der Waals surface area contributed by atoms with Gasteiger partial charge in [-0.25, -0.2) is 10.4 Å². The molecule has 4 aromatic rings. The molecule has 3 aliphatic rings. The Bertz CT molecular complexity index is 2210. The molecule has 0 unspecified atom stereocenters. The van der Waals surface area contributed by atoms with Crippen molar-refractivity contribution in [2.75, 3.05) is 6.54 Å². The number of benzene rings is 3. The van der Waals surface area contributed by atoms with Crippen molar-refractivity contribution in [2.24, 2.45) is 11.3 Å². The summed E-state index contributed by atoms with van der Waals surface area (Å²) in [7, 11) is -2.86. The van der Waals surface area contributed by atoms with Gasteiger partial charge in [-0.1, -0.05) is 126 Å². The number of esters is 1. The van der Waals surface area contributed by atoms with Gasteiger partial charge in [-0.15, -0.1) is 0 Å². The number of aromatic nitrogens is 1. The van der Waals surface area contributed by atoms with Crippen molar-refractivity contribution in [3.8, 4) is 0 Å². The molecule has 322 valence electrons. The lowest BCUT2D eigenvalue weighted by Crippen LogP contribution is -2.68. The SMILES string of the molecule is CC(C)[C@@H]1NC(=O)C2(/C=C/c3ccc4ccc(nc4c3)[C@@H](C)OC(=O)[C@@H]3CCCN(N3)C(=O)[C@H](C)NC1=O)CCC(O[Si](c1ccccc1)(c1ccccc1)C(C)(C)C)CC2. The minimum atomic E-state index is -2.86. The van der Waals surface area contributed by atoms with Gasteiger partial charge in [0.15, 0.2) is 0 Å². The van der Waals surface area contributed by atoms with Crippen molar-refractivity contribution in [1.29, 1.82) is 0 Å². The lowest BCUT2D eigenvalue weighted by Gasteiger charge is -2.47. The molecular weight excluding hydrogens is 783 g/mol. The van der Waals surface area contributed by atoms with E-state index in [4.69, 9.17) is 14.1 Å². The molecule has 61 heavy (non-hydrogen) atoms. The lowest BCUT2D eigenvalue weighted by atomic mass is 9.71. The number of amides is 3. The molecular formula is C49H61N5O6Si. The van der Waals surface area contributed by atoms with Crippen LogP contribution < -0.4 is 26.4 Å². The molecule has 11 nitrogen and oxygen atoms in total. The molecule has 4 atom stereocenters. The van der Waals surface area contributed by atoms with Crippen LogP contribution in [0.1, 0.15) is 104 Å². The highest BCUT2D eigenvalue weighted by Crippen LogP contribution is 2.44. The average Bonchev–Trinajstić information content (AvgIpc) is 3.26. The fourth-order valence-electron chi connectivity index (χ4n) is 9.22. The molecule has 0 radical (unpaired) electrons. The number of carbonyl (C=O) groups excluding carboxylic acids is 4. The topological polar surface area (TPSA) is 139 Å². The summed E-state index contributed by atoms with van der Waals surface area (Å²) in [5.41, 5.74) is 4.27. The number of cyclic esters (lactones) is 1. The van der Waals surface area contributed by atoms with Crippen molar-refractivity contribution >= 4 is 59.4 Å². The summed E-state index contributed by atoms with van der Waals surface area (Å²) in [4.78, 5) is 60.9. The first-order valence-corrected chi connectivity index (χ1v) is 23.8. The van der Waals surface area contributed by atoms with Gasteiger partial charge in [-0.3, -0.25) is 24.2 Å². The van der Waals surface area contributed by atoms with E-state index in [0.29, 0.717) is 50.8 Å². The minimum Gasteiger partial charge on any atom is -0.455 e. The number of hydrogen-bond donors (Lipinski definition) is 3. The van der Waals surface area contributed by atoms with Crippen LogP contribution >= 0.6 is 0 Å². The summed E-state index contributed by atoms with van der Waals surface area (Å²) in [6.45, 7) is 14.4. The van der Waals surface area contributed by atoms with E-state index in [1.54, 1.807) is 13.8 Å². The zero-order chi connectivity index (χ0) is 43.5. The van der Waals surface area contributed by atoms with Crippen LogP contribution in [0.25, 0.3) is 17.0 Å². The Morgan fingerprint density at radius 1 is 0.852 bits per heavy atom. The molecule has 1 saturated heterocycles. The number of ether oxygens (including phenoxy) is 1. The second-order valence-corrected chi connectivity index (χ2v) is 22.7. The molecule has 1 spiro atoms. The normalized spacial score (nSPS) is 26.5. The molecule has 3 heterocycles. The number of pyridine rings is 1. The van der Waals surface area contributed by atoms with E-state index >= 15 is 0 Å². The molecule has 3 N–H and O–H groups in total. The van der Waals surface area contributed by atoms with Crippen LogP contribution in [0.3, 0.4) is 0 Å². The molecule has 12 heteroatoms. The van der Waals surface area contributed by atoms with E-state index in [9.17, 15) is 19.2 Å². The number of nitrogens with one attached hydrogen (secondary N) is 3. The number of hydrogen-bond acceptors (Lipinski definition) is 8. The van der Waals surface area contributed by atoms with Gasteiger partial charge in [0.25, 0.3) is 14.2 Å². The third kappa shape index (κ3) is 9.22. The summed E-state index contributed by atoms with van der Waals surface area (Å²) in [5, 5.41) is 10.5. The van der Waals surface area contributed by atoms with Crippen LogP contribution in [-0.4, -0.2) is 72.8 Å². The van der Waals surface area contributed by atoms with Crippen molar-refractivity contribution in [3.05, 3.63) is 108 Å². The van der Waals surface area contributed by atoms with Gasteiger partial charge in [0.1, 0.15) is 24.2 Å². The van der Waals surface area contributed by atoms with Gasteiger partial charge in [0.05, 0.1) is 16.6 Å². The molecule has 3 amide bonds. The summed E-state index contributed by atoms with van der Waals surface area (Å²) >= 11 is 0. The average molecular weight is 844 g/mol. The molecule has 1 saturated carbocycles. The first-order chi connectivity index (χ1) is 29.1. The molecule has 2 fully saturated rings. The van der Waals surface area contributed by atoms with E-state index in [1.807, 2.05) is 68.5 Å².